The summed E-state index contributed by atoms with van der Waals surface area (Å²) in [5, 5.41) is 3.50. The van der Waals surface area contributed by atoms with E-state index >= 15 is 0 Å². The Morgan fingerprint density at radius 3 is 2.42 bits per heavy atom. The number of hydrogen-bond acceptors (Lipinski definition) is 2. The van der Waals surface area contributed by atoms with Crippen LogP contribution in [0.25, 0.3) is 5.69 Å². The fourth-order valence-corrected chi connectivity index (χ4v) is 1.97. The molecule has 0 amide bonds. The molecule has 1 aromatic heterocycles. The van der Waals surface area contributed by atoms with Gasteiger partial charge in [0.1, 0.15) is 5.82 Å². The largest absolute Gasteiger partial charge is 0.308 e. The van der Waals surface area contributed by atoms with Gasteiger partial charge in [-0.1, -0.05) is 19.1 Å². The standard InChI is InChI=1S/C16H23N3/c1-5-15-17-10-11-19(15)14-8-6-13(7-9-14)12-18-16(2,3)4/h6-11,18H,5,12H2,1-4H3. The molecule has 0 radical (unpaired) electrons. The Morgan fingerprint density at radius 2 is 1.84 bits per heavy atom. The van der Waals surface area contributed by atoms with Crippen LogP contribution in [-0.2, 0) is 13.0 Å². The van der Waals surface area contributed by atoms with E-state index in [0.717, 1.165) is 18.8 Å². The summed E-state index contributed by atoms with van der Waals surface area (Å²) in [6.45, 7) is 9.57. The van der Waals surface area contributed by atoms with Crippen molar-refractivity contribution in [1.29, 1.82) is 0 Å². The Balaban J connectivity index is 2.10. The van der Waals surface area contributed by atoms with Crippen molar-refractivity contribution in [3.8, 4) is 5.69 Å². The van der Waals surface area contributed by atoms with Crippen molar-refractivity contribution in [2.75, 3.05) is 0 Å². The molecule has 1 heterocycles. The van der Waals surface area contributed by atoms with E-state index in [1.807, 2.05) is 12.4 Å². The molecule has 0 aliphatic rings. The molecule has 0 fully saturated rings. The van der Waals surface area contributed by atoms with Gasteiger partial charge in [-0.15, -0.1) is 0 Å². The van der Waals surface area contributed by atoms with Crippen LogP contribution in [0.15, 0.2) is 36.7 Å². The molecular weight excluding hydrogens is 234 g/mol. The highest BCUT2D eigenvalue weighted by atomic mass is 15.1. The van der Waals surface area contributed by atoms with Crippen LogP contribution in [0.3, 0.4) is 0 Å². The minimum Gasteiger partial charge on any atom is -0.308 e. The molecule has 2 rings (SSSR count). The molecule has 0 spiro atoms. The molecule has 1 aromatic carbocycles. The van der Waals surface area contributed by atoms with Gasteiger partial charge in [-0.05, 0) is 38.5 Å². The van der Waals surface area contributed by atoms with E-state index < -0.39 is 0 Å². The van der Waals surface area contributed by atoms with Gasteiger partial charge in [0.2, 0.25) is 0 Å². The van der Waals surface area contributed by atoms with E-state index in [9.17, 15) is 0 Å². The zero-order chi connectivity index (χ0) is 13.9. The highest BCUT2D eigenvalue weighted by molar-refractivity contribution is 5.36. The average Bonchev–Trinajstić information content (AvgIpc) is 2.84. The minimum atomic E-state index is 0.151. The number of nitrogens with zero attached hydrogens (tertiary/aromatic N) is 2. The number of rotatable bonds is 4. The first-order valence-corrected chi connectivity index (χ1v) is 6.86. The highest BCUT2D eigenvalue weighted by Gasteiger charge is 2.08. The average molecular weight is 257 g/mol. The van der Waals surface area contributed by atoms with Crippen molar-refractivity contribution < 1.29 is 0 Å². The molecule has 0 aliphatic heterocycles. The lowest BCUT2D eigenvalue weighted by molar-refractivity contribution is 0.424. The van der Waals surface area contributed by atoms with Crippen molar-refractivity contribution in [1.82, 2.24) is 14.9 Å². The molecule has 0 atom stereocenters. The SMILES string of the molecule is CCc1nccn1-c1ccc(CNC(C)(C)C)cc1. The van der Waals surface area contributed by atoms with E-state index in [0.29, 0.717) is 0 Å². The van der Waals surface area contributed by atoms with Gasteiger partial charge in [0, 0.05) is 36.6 Å². The minimum absolute atomic E-state index is 0.151. The number of benzene rings is 1. The highest BCUT2D eigenvalue weighted by Crippen LogP contribution is 2.13. The van der Waals surface area contributed by atoms with Gasteiger partial charge in [-0.2, -0.15) is 0 Å². The maximum atomic E-state index is 4.35. The second kappa shape index (κ2) is 5.57. The second-order valence-corrected chi connectivity index (χ2v) is 5.84. The van der Waals surface area contributed by atoms with Crippen LogP contribution < -0.4 is 5.32 Å². The summed E-state index contributed by atoms with van der Waals surface area (Å²) in [6.07, 6.45) is 4.81. The number of hydrogen-bond donors (Lipinski definition) is 1. The van der Waals surface area contributed by atoms with E-state index in [1.165, 1.54) is 11.3 Å². The third-order valence-electron chi connectivity index (χ3n) is 3.07. The Labute approximate surface area is 115 Å². The monoisotopic (exact) mass is 257 g/mol. The first-order valence-electron chi connectivity index (χ1n) is 6.86. The van der Waals surface area contributed by atoms with Crippen molar-refractivity contribution >= 4 is 0 Å². The van der Waals surface area contributed by atoms with Crippen LogP contribution in [-0.4, -0.2) is 15.1 Å². The summed E-state index contributed by atoms with van der Waals surface area (Å²) in [5.74, 6) is 1.10. The first kappa shape index (κ1) is 13.8. The molecule has 3 nitrogen and oxygen atoms in total. The number of aryl methyl sites for hydroxylation is 1. The summed E-state index contributed by atoms with van der Waals surface area (Å²) in [5.41, 5.74) is 2.63. The van der Waals surface area contributed by atoms with Crippen molar-refractivity contribution in [2.24, 2.45) is 0 Å². The van der Waals surface area contributed by atoms with Crippen LogP contribution in [0.2, 0.25) is 0 Å². The summed E-state index contributed by atoms with van der Waals surface area (Å²) in [6, 6.07) is 8.65. The predicted molar refractivity (Wildman–Crippen MR) is 79.5 cm³/mol. The van der Waals surface area contributed by atoms with E-state index in [4.69, 9.17) is 0 Å². The first-order chi connectivity index (χ1) is 8.99. The Hall–Kier alpha value is -1.61. The molecular formula is C16H23N3. The maximum absolute atomic E-state index is 4.35. The second-order valence-electron chi connectivity index (χ2n) is 5.84. The van der Waals surface area contributed by atoms with Gasteiger partial charge < -0.3 is 9.88 Å². The molecule has 0 saturated carbocycles. The quantitative estimate of drug-likeness (QED) is 0.910. The molecule has 0 saturated heterocycles. The Bertz CT molecular complexity index is 518. The Kier molecular flexibility index (Phi) is 4.05. The fraction of sp³-hybridized carbons (Fsp3) is 0.438. The van der Waals surface area contributed by atoms with Crippen molar-refractivity contribution in [3.05, 3.63) is 48.0 Å². The van der Waals surface area contributed by atoms with Gasteiger partial charge in [-0.25, -0.2) is 4.98 Å². The number of aromatic nitrogens is 2. The fourth-order valence-electron chi connectivity index (χ4n) is 1.97. The summed E-state index contributed by atoms with van der Waals surface area (Å²) in [4.78, 5) is 4.35. The topological polar surface area (TPSA) is 29.9 Å². The summed E-state index contributed by atoms with van der Waals surface area (Å²) < 4.78 is 2.14. The van der Waals surface area contributed by atoms with Gasteiger partial charge >= 0.3 is 0 Å². The van der Waals surface area contributed by atoms with Gasteiger partial charge in [0.05, 0.1) is 0 Å². The molecule has 0 bridgehead atoms. The van der Waals surface area contributed by atoms with Crippen LogP contribution in [0, 0.1) is 0 Å². The third-order valence-corrected chi connectivity index (χ3v) is 3.07. The predicted octanol–water partition coefficient (Wildman–Crippen LogP) is 3.32. The van der Waals surface area contributed by atoms with E-state index in [2.05, 4.69) is 66.8 Å². The molecule has 102 valence electrons. The lowest BCUT2D eigenvalue weighted by atomic mass is 10.1. The molecule has 3 heteroatoms. The zero-order valence-electron chi connectivity index (χ0n) is 12.3. The molecule has 2 aromatic rings. The van der Waals surface area contributed by atoms with Gasteiger partial charge in [0.15, 0.2) is 0 Å². The summed E-state index contributed by atoms with van der Waals surface area (Å²) >= 11 is 0. The smallest absolute Gasteiger partial charge is 0.112 e. The number of nitrogens with one attached hydrogen (secondary N) is 1. The normalized spacial score (nSPS) is 11.8. The van der Waals surface area contributed by atoms with E-state index in [1.54, 1.807) is 0 Å². The molecule has 0 aliphatic carbocycles. The molecule has 1 N–H and O–H groups in total. The van der Waals surface area contributed by atoms with Crippen LogP contribution in [0.4, 0.5) is 0 Å². The summed E-state index contributed by atoms with van der Waals surface area (Å²) in [7, 11) is 0. The van der Waals surface area contributed by atoms with Crippen LogP contribution >= 0.6 is 0 Å². The zero-order valence-corrected chi connectivity index (χ0v) is 12.3. The molecule has 0 unspecified atom stereocenters. The maximum Gasteiger partial charge on any atom is 0.112 e. The number of imidazole rings is 1. The lowest BCUT2D eigenvalue weighted by Crippen LogP contribution is -2.35. The van der Waals surface area contributed by atoms with Crippen molar-refractivity contribution in [3.63, 3.8) is 0 Å². The van der Waals surface area contributed by atoms with Crippen LogP contribution in [0.1, 0.15) is 39.1 Å². The Morgan fingerprint density at radius 1 is 1.16 bits per heavy atom. The van der Waals surface area contributed by atoms with Gasteiger partial charge in [-0.3, -0.25) is 0 Å². The third kappa shape index (κ3) is 3.67. The van der Waals surface area contributed by atoms with Crippen molar-refractivity contribution in [2.45, 2.75) is 46.2 Å². The lowest BCUT2D eigenvalue weighted by Gasteiger charge is -2.20. The molecule has 19 heavy (non-hydrogen) atoms. The van der Waals surface area contributed by atoms with Crippen LogP contribution in [0.5, 0.6) is 0 Å². The van der Waals surface area contributed by atoms with Gasteiger partial charge in [0.25, 0.3) is 0 Å². The van der Waals surface area contributed by atoms with E-state index in [-0.39, 0.29) is 5.54 Å².